The van der Waals surface area contributed by atoms with Gasteiger partial charge in [-0.1, -0.05) is 30.3 Å². The summed E-state index contributed by atoms with van der Waals surface area (Å²) in [5, 5.41) is 28.6. The molecule has 0 aliphatic carbocycles. The third-order valence-electron chi connectivity index (χ3n) is 3.34. The molecule has 0 aliphatic rings. The zero-order valence-electron chi connectivity index (χ0n) is 12.6. The normalized spacial score (nSPS) is 11.0. The van der Waals surface area contributed by atoms with Crippen molar-refractivity contribution in [3.63, 3.8) is 0 Å². The van der Waals surface area contributed by atoms with Gasteiger partial charge in [0.05, 0.1) is 5.69 Å². The average Bonchev–Trinajstić information content (AvgIpc) is 2.60. The first-order valence-electron chi connectivity index (χ1n) is 7.20. The van der Waals surface area contributed by atoms with E-state index in [4.69, 9.17) is 9.84 Å². The molecule has 0 bridgehead atoms. The highest BCUT2D eigenvalue weighted by Crippen LogP contribution is 2.36. The van der Waals surface area contributed by atoms with Crippen LogP contribution in [0.25, 0.3) is 10.8 Å². The largest absolute Gasteiger partial charge is 0.506 e. The lowest BCUT2D eigenvalue weighted by atomic mass is 10.1. The third kappa shape index (κ3) is 3.49. The van der Waals surface area contributed by atoms with E-state index in [2.05, 4.69) is 10.2 Å². The molecule has 0 unspecified atom stereocenters. The maximum absolute atomic E-state index is 10.5. The molecule has 6 heteroatoms. The molecule has 120 valence electrons. The first-order valence-corrected chi connectivity index (χ1v) is 7.20. The number of phenolic OH excluding ortho intramolecular Hbond substituents is 1. The van der Waals surface area contributed by atoms with Crippen LogP contribution in [0, 0.1) is 0 Å². The number of aromatic hydroxyl groups is 1. The highest BCUT2D eigenvalue weighted by Gasteiger charge is 2.06. The Morgan fingerprint density at radius 3 is 2.46 bits per heavy atom. The fraction of sp³-hybridized carbons (Fsp3) is 0.0556. The molecule has 0 spiro atoms. The lowest BCUT2D eigenvalue weighted by Crippen LogP contribution is -2.09. The molecule has 3 aromatic carbocycles. The van der Waals surface area contributed by atoms with E-state index < -0.39 is 12.6 Å². The van der Waals surface area contributed by atoms with Crippen molar-refractivity contribution < 1.29 is 19.7 Å². The molecule has 6 nitrogen and oxygen atoms in total. The van der Waals surface area contributed by atoms with Gasteiger partial charge in [0.2, 0.25) is 0 Å². The Bertz CT molecular complexity index is 905. The number of hydrogen-bond acceptors (Lipinski definition) is 5. The maximum atomic E-state index is 10.5. The second kappa shape index (κ2) is 6.78. The van der Waals surface area contributed by atoms with Crippen LogP contribution >= 0.6 is 0 Å². The number of fused-ring (bicyclic) bond motifs is 1. The summed E-state index contributed by atoms with van der Waals surface area (Å²) >= 11 is 0. The van der Waals surface area contributed by atoms with Gasteiger partial charge in [-0.3, -0.25) is 0 Å². The number of ether oxygens (including phenoxy) is 1. The number of azo groups is 1. The molecule has 0 aromatic heterocycles. The second-order valence-corrected chi connectivity index (χ2v) is 5.03. The second-order valence-electron chi connectivity index (χ2n) is 5.03. The van der Waals surface area contributed by atoms with Gasteiger partial charge in [-0.2, -0.15) is 5.11 Å². The van der Waals surface area contributed by atoms with Gasteiger partial charge in [0.1, 0.15) is 17.2 Å². The smallest absolute Gasteiger partial charge is 0.341 e. The quantitative estimate of drug-likeness (QED) is 0.680. The number of carbonyl (C=O) groups is 1. The molecule has 3 aromatic rings. The Kier molecular flexibility index (Phi) is 4.38. The summed E-state index contributed by atoms with van der Waals surface area (Å²) in [4.78, 5) is 10.5. The topological polar surface area (TPSA) is 91.5 Å². The first-order chi connectivity index (χ1) is 11.6. The SMILES string of the molecule is O=C(O)COc1ccc(N=Nc2c(O)ccc3ccccc23)cc1. The van der Waals surface area contributed by atoms with E-state index in [0.717, 1.165) is 10.8 Å². The van der Waals surface area contributed by atoms with Gasteiger partial charge in [-0.05, 0) is 35.7 Å². The number of carboxylic acid groups (broad SMARTS) is 1. The van der Waals surface area contributed by atoms with E-state index >= 15 is 0 Å². The van der Waals surface area contributed by atoms with Crippen LogP contribution in [-0.2, 0) is 4.79 Å². The summed E-state index contributed by atoms with van der Waals surface area (Å²) in [6, 6.07) is 17.5. The molecule has 24 heavy (non-hydrogen) atoms. The summed E-state index contributed by atoms with van der Waals surface area (Å²) in [5.41, 5.74) is 0.962. The zero-order valence-corrected chi connectivity index (χ0v) is 12.6. The van der Waals surface area contributed by atoms with Gasteiger partial charge in [0.25, 0.3) is 0 Å². The molecular formula is C18H14N2O4. The molecule has 0 aliphatic heterocycles. The molecule has 0 saturated carbocycles. The molecule has 3 rings (SSSR count). The minimum Gasteiger partial charge on any atom is -0.506 e. The summed E-state index contributed by atoms with van der Waals surface area (Å²) < 4.78 is 5.05. The van der Waals surface area contributed by atoms with E-state index in [9.17, 15) is 9.90 Å². The Morgan fingerprint density at radius 1 is 0.958 bits per heavy atom. The number of benzene rings is 3. The number of hydrogen-bond donors (Lipinski definition) is 2. The minimum absolute atomic E-state index is 0.0545. The summed E-state index contributed by atoms with van der Waals surface area (Å²) in [7, 11) is 0. The average molecular weight is 322 g/mol. The van der Waals surface area contributed by atoms with Crippen molar-refractivity contribution in [1.29, 1.82) is 0 Å². The van der Waals surface area contributed by atoms with Crippen LogP contribution in [0.4, 0.5) is 11.4 Å². The predicted octanol–water partition coefficient (Wildman–Crippen LogP) is 4.42. The van der Waals surface area contributed by atoms with E-state index in [1.165, 1.54) is 0 Å². The van der Waals surface area contributed by atoms with Crippen molar-refractivity contribution in [3.8, 4) is 11.5 Å². The van der Waals surface area contributed by atoms with Crippen LogP contribution < -0.4 is 4.74 Å². The minimum atomic E-state index is -1.04. The first kappa shape index (κ1) is 15.5. The predicted molar refractivity (Wildman–Crippen MR) is 89.4 cm³/mol. The van der Waals surface area contributed by atoms with E-state index in [0.29, 0.717) is 17.1 Å². The Hall–Kier alpha value is -3.41. The standard InChI is InChI=1S/C18H14N2O4/c21-16-10-5-12-3-1-2-4-15(12)18(16)20-19-13-6-8-14(9-7-13)24-11-17(22)23/h1-10,21H,11H2,(H,22,23). The summed E-state index contributed by atoms with van der Waals surface area (Å²) in [5.74, 6) is -0.548. The van der Waals surface area contributed by atoms with E-state index in [1.54, 1.807) is 30.3 Å². The molecule has 0 heterocycles. The van der Waals surface area contributed by atoms with Crippen LogP contribution in [0.15, 0.2) is 70.9 Å². The van der Waals surface area contributed by atoms with Gasteiger partial charge in [-0.15, -0.1) is 5.11 Å². The van der Waals surface area contributed by atoms with Crippen LogP contribution in [-0.4, -0.2) is 22.8 Å². The maximum Gasteiger partial charge on any atom is 0.341 e. The van der Waals surface area contributed by atoms with Crippen molar-refractivity contribution in [2.24, 2.45) is 10.2 Å². The number of phenols is 1. The molecular weight excluding hydrogens is 308 g/mol. The lowest BCUT2D eigenvalue weighted by molar-refractivity contribution is -0.139. The van der Waals surface area contributed by atoms with Gasteiger partial charge >= 0.3 is 5.97 Å². The summed E-state index contributed by atoms with van der Waals surface area (Å²) in [6.07, 6.45) is 0. The van der Waals surface area contributed by atoms with E-state index in [-0.39, 0.29) is 5.75 Å². The number of rotatable bonds is 5. The highest BCUT2D eigenvalue weighted by atomic mass is 16.5. The lowest BCUT2D eigenvalue weighted by Gasteiger charge is -2.04. The molecule has 0 radical (unpaired) electrons. The van der Waals surface area contributed by atoms with Crippen molar-refractivity contribution >= 4 is 28.1 Å². The molecule has 0 saturated heterocycles. The Morgan fingerprint density at radius 2 is 1.71 bits per heavy atom. The van der Waals surface area contributed by atoms with Crippen LogP contribution in [0.5, 0.6) is 11.5 Å². The van der Waals surface area contributed by atoms with Crippen molar-refractivity contribution in [3.05, 3.63) is 60.7 Å². The van der Waals surface area contributed by atoms with Crippen LogP contribution in [0.2, 0.25) is 0 Å². The van der Waals surface area contributed by atoms with Crippen molar-refractivity contribution in [2.45, 2.75) is 0 Å². The molecule has 0 atom stereocenters. The van der Waals surface area contributed by atoms with E-state index in [1.807, 2.05) is 30.3 Å². The van der Waals surface area contributed by atoms with Crippen LogP contribution in [0.1, 0.15) is 0 Å². The van der Waals surface area contributed by atoms with Gasteiger partial charge in [-0.25, -0.2) is 4.79 Å². The van der Waals surface area contributed by atoms with Crippen molar-refractivity contribution in [2.75, 3.05) is 6.61 Å². The fourth-order valence-electron chi connectivity index (χ4n) is 2.21. The fourth-order valence-corrected chi connectivity index (χ4v) is 2.21. The van der Waals surface area contributed by atoms with Crippen LogP contribution in [0.3, 0.4) is 0 Å². The third-order valence-corrected chi connectivity index (χ3v) is 3.34. The Labute approximate surface area is 137 Å². The monoisotopic (exact) mass is 322 g/mol. The van der Waals surface area contributed by atoms with Crippen molar-refractivity contribution in [1.82, 2.24) is 0 Å². The number of aliphatic carboxylic acids is 1. The number of carboxylic acids is 1. The molecule has 0 fully saturated rings. The molecule has 0 amide bonds. The van der Waals surface area contributed by atoms with Gasteiger partial charge in [0.15, 0.2) is 6.61 Å². The van der Waals surface area contributed by atoms with Gasteiger partial charge in [0, 0.05) is 5.39 Å². The Balaban J connectivity index is 1.83. The summed E-state index contributed by atoms with van der Waals surface area (Å²) in [6.45, 7) is -0.398. The van der Waals surface area contributed by atoms with Gasteiger partial charge < -0.3 is 14.9 Å². The zero-order chi connectivity index (χ0) is 16.9. The molecule has 2 N–H and O–H groups in total. The highest BCUT2D eigenvalue weighted by molar-refractivity contribution is 5.95. The number of nitrogens with zero attached hydrogens (tertiary/aromatic N) is 2.